The number of imidazole rings is 1. The summed E-state index contributed by atoms with van der Waals surface area (Å²) in [6.07, 6.45) is 50.4. The van der Waals surface area contributed by atoms with Gasteiger partial charge in [0.25, 0.3) is 5.82 Å². The summed E-state index contributed by atoms with van der Waals surface area (Å²) in [6, 6.07) is 0. The van der Waals surface area contributed by atoms with Gasteiger partial charge in [0, 0.05) is 6.42 Å². The molecule has 0 radical (unpaired) electrons. The maximum Gasteiger partial charge on any atom is 0.256 e. The molecule has 0 bridgehead atoms. The van der Waals surface area contributed by atoms with Crippen molar-refractivity contribution in [1.29, 1.82) is 0 Å². The van der Waals surface area contributed by atoms with Crippen LogP contribution in [0.5, 0.6) is 0 Å². The Morgan fingerprint density at radius 3 is 1.14 bits per heavy atom. The molecule has 0 saturated heterocycles. The molecule has 1 heterocycles. The molecule has 0 amide bonds. The number of aryl methyl sites for hydroxylation is 2. The van der Waals surface area contributed by atoms with Gasteiger partial charge in [-0.25, -0.2) is 9.13 Å². The first-order chi connectivity index (χ1) is 20.8. The van der Waals surface area contributed by atoms with Crippen LogP contribution in [0.25, 0.3) is 0 Å². The number of hydrogen-bond acceptors (Lipinski definition) is 0. The minimum Gasteiger partial charge on any atom is -0.234 e. The molecule has 0 aliphatic rings. The zero-order chi connectivity index (χ0) is 30.2. The van der Waals surface area contributed by atoms with Gasteiger partial charge in [0.2, 0.25) is 0 Å². The predicted molar refractivity (Wildman–Crippen MR) is 188 cm³/mol. The van der Waals surface area contributed by atoms with E-state index < -0.39 is 0 Å². The molecule has 0 N–H and O–H groups in total. The standard InChI is InChI=1S/C40H79N2/c1-4-7-10-13-15-17-19-21-22-24-26-28-31-34-37-42-39-38-41(36-33-30-12-9-6-3)40(42)35-32-29-27-25-23-20-18-16-14-11-8-5-2/h38-39H,4-37H2,1-3H3/q+1. The Kier molecular flexibility index (Phi) is 29.5. The predicted octanol–water partition coefficient (Wildman–Crippen LogP) is 13.5. The van der Waals surface area contributed by atoms with E-state index in [1.165, 1.54) is 219 Å². The molecule has 0 spiro atoms. The lowest BCUT2D eigenvalue weighted by molar-refractivity contribution is -0.704. The third kappa shape index (κ3) is 23.6. The van der Waals surface area contributed by atoms with Crippen LogP contribution in [-0.4, -0.2) is 4.57 Å². The van der Waals surface area contributed by atoms with Crippen LogP contribution in [0.15, 0.2) is 12.4 Å². The first-order valence-electron chi connectivity index (χ1n) is 19.9. The summed E-state index contributed by atoms with van der Waals surface area (Å²) >= 11 is 0. The summed E-state index contributed by atoms with van der Waals surface area (Å²) in [6.45, 7) is 9.40. The highest BCUT2D eigenvalue weighted by Gasteiger charge is 2.16. The molecule has 248 valence electrons. The lowest BCUT2D eigenvalue weighted by Crippen LogP contribution is -2.37. The van der Waals surface area contributed by atoms with Gasteiger partial charge in [-0.05, 0) is 32.1 Å². The maximum absolute atomic E-state index is 2.63. The van der Waals surface area contributed by atoms with Crippen molar-refractivity contribution in [2.75, 3.05) is 0 Å². The molecule has 2 nitrogen and oxygen atoms in total. The lowest BCUT2D eigenvalue weighted by Gasteiger charge is -2.07. The normalized spacial score (nSPS) is 11.6. The fourth-order valence-corrected chi connectivity index (χ4v) is 6.68. The van der Waals surface area contributed by atoms with Crippen LogP contribution < -0.4 is 4.57 Å². The molecule has 42 heavy (non-hydrogen) atoms. The summed E-state index contributed by atoms with van der Waals surface area (Å²) in [5.74, 6) is 1.62. The molecule has 1 rings (SSSR count). The van der Waals surface area contributed by atoms with Gasteiger partial charge in [-0.2, -0.15) is 0 Å². The van der Waals surface area contributed by atoms with Crippen molar-refractivity contribution in [3.8, 4) is 0 Å². The smallest absolute Gasteiger partial charge is 0.234 e. The number of nitrogens with zero attached hydrogens (tertiary/aromatic N) is 2. The molecule has 0 unspecified atom stereocenters. The summed E-state index contributed by atoms with van der Waals surface area (Å²) in [5.41, 5.74) is 0. The number of unbranched alkanes of at least 4 members (excludes halogenated alkanes) is 28. The van der Waals surface area contributed by atoms with Gasteiger partial charge < -0.3 is 0 Å². The Bertz CT molecular complexity index is 648. The van der Waals surface area contributed by atoms with Crippen molar-refractivity contribution in [1.82, 2.24) is 4.57 Å². The van der Waals surface area contributed by atoms with E-state index in [1.807, 2.05) is 0 Å². The molecule has 1 aromatic rings. The highest BCUT2D eigenvalue weighted by molar-refractivity contribution is 4.84. The van der Waals surface area contributed by atoms with Crippen molar-refractivity contribution in [3.63, 3.8) is 0 Å². The fourth-order valence-electron chi connectivity index (χ4n) is 6.68. The highest BCUT2D eigenvalue weighted by Crippen LogP contribution is 2.15. The van der Waals surface area contributed by atoms with E-state index in [0.717, 1.165) is 0 Å². The van der Waals surface area contributed by atoms with Gasteiger partial charge in [-0.3, -0.25) is 0 Å². The maximum atomic E-state index is 2.63. The molecule has 0 atom stereocenters. The second-order valence-corrected chi connectivity index (χ2v) is 13.8. The first-order valence-corrected chi connectivity index (χ1v) is 19.9. The summed E-state index contributed by atoms with van der Waals surface area (Å²) in [7, 11) is 0. The fraction of sp³-hybridized carbons (Fsp3) is 0.925. The third-order valence-electron chi connectivity index (χ3n) is 9.60. The third-order valence-corrected chi connectivity index (χ3v) is 9.60. The van der Waals surface area contributed by atoms with Gasteiger partial charge in [0.15, 0.2) is 0 Å². The Balaban J connectivity index is 2.21. The van der Waals surface area contributed by atoms with Crippen LogP contribution in [-0.2, 0) is 19.5 Å². The Morgan fingerprint density at radius 1 is 0.405 bits per heavy atom. The molecular weight excluding hydrogens is 508 g/mol. The van der Waals surface area contributed by atoms with E-state index in [9.17, 15) is 0 Å². The van der Waals surface area contributed by atoms with Crippen LogP contribution in [0.2, 0.25) is 0 Å². The number of aromatic nitrogens is 2. The van der Waals surface area contributed by atoms with E-state index in [4.69, 9.17) is 0 Å². The van der Waals surface area contributed by atoms with Crippen LogP contribution in [0.3, 0.4) is 0 Å². The van der Waals surface area contributed by atoms with Crippen molar-refractivity contribution in [3.05, 3.63) is 18.2 Å². The SMILES string of the molecule is CCCCCCCCCCCCCCCC[n+]1ccn(CCCCCCC)c1CCCCCCCCCCCCCC. The van der Waals surface area contributed by atoms with Gasteiger partial charge in [-0.15, -0.1) is 0 Å². The van der Waals surface area contributed by atoms with Crippen molar-refractivity contribution >= 4 is 0 Å². The van der Waals surface area contributed by atoms with Crippen LogP contribution in [0.1, 0.15) is 226 Å². The molecule has 0 aliphatic carbocycles. The summed E-state index contributed by atoms with van der Waals surface area (Å²) < 4.78 is 5.25. The molecule has 1 aromatic heterocycles. The highest BCUT2D eigenvalue weighted by atomic mass is 15.1. The zero-order valence-corrected chi connectivity index (χ0v) is 29.6. The van der Waals surface area contributed by atoms with Crippen molar-refractivity contribution in [2.45, 2.75) is 239 Å². The Hall–Kier alpha value is -0.790. The minimum atomic E-state index is 1.23. The molecule has 2 heteroatoms. The quantitative estimate of drug-likeness (QED) is 0.0560. The van der Waals surface area contributed by atoms with E-state index in [0.29, 0.717) is 0 Å². The van der Waals surface area contributed by atoms with Gasteiger partial charge >= 0.3 is 0 Å². The molecule has 0 saturated carbocycles. The molecular formula is C40H79N2+. The van der Waals surface area contributed by atoms with Crippen LogP contribution in [0, 0.1) is 0 Å². The van der Waals surface area contributed by atoms with Crippen LogP contribution in [0.4, 0.5) is 0 Å². The van der Waals surface area contributed by atoms with Gasteiger partial charge in [-0.1, -0.05) is 188 Å². The second kappa shape index (κ2) is 31.6. The average Bonchev–Trinajstić information content (AvgIpc) is 3.38. The van der Waals surface area contributed by atoms with Gasteiger partial charge in [0.1, 0.15) is 12.4 Å². The molecule has 0 fully saturated rings. The zero-order valence-electron chi connectivity index (χ0n) is 29.6. The lowest BCUT2D eigenvalue weighted by atomic mass is 10.0. The monoisotopic (exact) mass is 588 g/mol. The van der Waals surface area contributed by atoms with E-state index >= 15 is 0 Å². The molecule has 0 aromatic carbocycles. The van der Waals surface area contributed by atoms with E-state index in [1.54, 1.807) is 5.82 Å². The Morgan fingerprint density at radius 2 is 0.738 bits per heavy atom. The number of hydrogen-bond donors (Lipinski definition) is 0. The summed E-state index contributed by atoms with van der Waals surface area (Å²) in [5, 5.41) is 0. The molecule has 0 aliphatic heterocycles. The largest absolute Gasteiger partial charge is 0.256 e. The number of rotatable bonds is 34. The average molecular weight is 588 g/mol. The van der Waals surface area contributed by atoms with E-state index in [-0.39, 0.29) is 0 Å². The first kappa shape index (κ1) is 39.2. The second-order valence-electron chi connectivity index (χ2n) is 13.8. The van der Waals surface area contributed by atoms with Crippen LogP contribution >= 0.6 is 0 Å². The Labute approximate surface area is 266 Å². The van der Waals surface area contributed by atoms with Crippen molar-refractivity contribution < 1.29 is 4.57 Å². The summed E-state index contributed by atoms with van der Waals surface area (Å²) in [4.78, 5) is 0. The topological polar surface area (TPSA) is 8.81 Å². The van der Waals surface area contributed by atoms with Gasteiger partial charge in [0.05, 0.1) is 13.1 Å². The minimum absolute atomic E-state index is 1.23. The van der Waals surface area contributed by atoms with Crippen molar-refractivity contribution in [2.24, 2.45) is 0 Å². The van der Waals surface area contributed by atoms with E-state index in [2.05, 4.69) is 42.3 Å².